The number of aromatic nitrogens is 1. The van der Waals surface area contributed by atoms with Crippen LogP contribution < -0.4 is 4.74 Å². The second-order valence-corrected chi connectivity index (χ2v) is 6.79. The van der Waals surface area contributed by atoms with Gasteiger partial charge in [0.15, 0.2) is 11.5 Å². The third-order valence-corrected chi connectivity index (χ3v) is 4.35. The van der Waals surface area contributed by atoms with E-state index in [1.54, 1.807) is 18.2 Å². The predicted molar refractivity (Wildman–Crippen MR) is 115 cm³/mol. The van der Waals surface area contributed by atoms with Crippen molar-refractivity contribution in [2.24, 2.45) is 5.16 Å². The molecule has 0 saturated carbocycles. The second kappa shape index (κ2) is 10.9. The van der Waals surface area contributed by atoms with E-state index in [1.165, 1.54) is 37.4 Å². The summed E-state index contributed by atoms with van der Waals surface area (Å²) in [4.78, 5) is 28.5. The average molecular weight is 456 g/mol. The summed E-state index contributed by atoms with van der Waals surface area (Å²) in [5, 5.41) is 17.3. The molecule has 0 unspecified atom stereocenters. The van der Waals surface area contributed by atoms with Crippen LogP contribution in [0.4, 0.5) is 4.39 Å². The van der Waals surface area contributed by atoms with Crippen molar-refractivity contribution >= 4 is 17.7 Å². The van der Waals surface area contributed by atoms with Gasteiger partial charge < -0.3 is 23.9 Å². The molecule has 0 spiro atoms. The van der Waals surface area contributed by atoms with E-state index < -0.39 is 11.9 Å². The Hall–Kier alpha value is -4.21. The SMILES string of the molecule is CCCON=C(COc1cc(C(=O)O)cc(C(=O)OC)c1)c1cc(-c2ccc(F)cc2)no1. The van der Waals surface area contributed by atoms with Crippen molar-refractivity contribution in [2.75, 3.05) is 20.3 Å². The number of carboxylic acids is 1. The molecule has 172 valence electrons. The number of methoxy groups -OCH3 is 1. The molecule has 10 heteroatoms. The first-order valence-electron chi connectivity index (χ1n) is 9.92. The maximum absolute atomic E-state index is 13.2. The molecule has 1 N–H and O–H groups in total. The predicted octanol–water partition coefficient (Wildman–Crippen LogP) is 4.18. The number of aromatic carboxylic acids is 1. The highest BCUT2D eigenvalue weighted by Crippen LogP contribution is 2.22. The summed E-state index contributed by atoms with van der Waals surface area (Å²) in [7, 11) is 1.19. The summed E-state index contributed by atoms with van der Waals surface area (Å²) in [6.45, 7) is 2.09. The lowest BCUT2D eigenvalue weighted by molar-refractivity contribution is 0.0600. The third kappa shape index (κ3) is 6.16. The number of ether oxygens (including phenoxy) is 2. The first-order chi connectivity index (χ1) is 15.9. The quantitative estimate of drug-likeness (QED) is 0.209. The van der Waals surface area contributed by atoms with Gasteiger partial charge in [0.25, 0.3) is 0 Å². The van der Waals surface area contributed by atoms with Gasteiger partial charge in [-0.05, 0) is 48.9 Å². The molecule has 33 heavy (non-hydrogen) atoms. The van der Waals surface area contributed by atoms with Gasteiger partial charge in [0.1, 0.15) is 30.5 Å². The summed E-state index contributed by atoms with van der Waals surface area (Å²) < 4.78 is 28.9. The molecule has 3 rings (SSSR count). The van der Waals surface area contributed by atoms with Crippen LogP contribution in [-0.4, -0.2) is 48.2 Å². The summed E-state index contributed by atoms with van der Waals surface area (Å²) >= 11 is 0. The van der Waals surface area contributed by atoms with Crippen molar-refractivity contribution < 1.29 is 37.9 Å². The molecule has 0 saturated heterocycles. The van der Waals surface area contributed by atoms with Gasteiger partial charge >= 0.3 is 11.9 Å². The average Bonchev–Trinajstić information content (AvgIpc) is 3.31. The molecular weight excluding hydrogens is 435 g/mol. The van der Waals surface area contributed by atoms with Gasteiger partial charge in [0.2, 0.25) is 0 Å². The number of nitrogens with zero attached hydrogens (tertiary/aromatic N) is 2. The number of benzene rings is 2. The monoisotopic (exact) mass is 456 g/mol. The highest BCUT2D eigenvalue weighted by atomic mass is 19.1. The molecule has 2 aromatic carbocycles. The zero-order chi connectivity index (χ0) is 23.8. The highest BCUT2D eigenvalue weighted by molar-refractivity contribution is 6.00. The van der Waals surface area contributed by atoms with Gasteiger partial charge in [-0.25, -0.2) is 14.0 Å². The van der Waals surface area contributed by atoms with Gasteiger partial charge in [-0.1, -0.05) is 17.2 Å². The Morgan fingerprint density at radius 2 is 1.85 bits per heavy atom. The van der Waals surface area contributed by atoms with E-state index in [9.17, 15) is 19.1 Å². The first kappa shape index (κ1) is 23.5. The zero-order valence-corrected chi connectivity index (χ0v) is 17.9. The summed E-state index contributed by atoms with van der Waals surface area (Å²) in [5.41, 5.74) is 1.20. The number of carbonyl (C=O) groups excluding carboxylic acids is 1. The molecule has 0 aliphatic carbocycles. The Bertz CT molecular complexity index is 1160. The first-order valence-corrected chi connectivity index (χ1v) is 9.92. The van der Waals surface area contributed by atoms with E-state index in [1.807, 2.05) is 6.92 Å². The molecule has 0 aliphatic rings. The lowest BCUT2D eigenvalue weighted by Crippen LogP contribution is -2.14. The fourth-order valence-corrected chi connectivity index (χ4v) is 2.72. The van der Waals surface area contributed by atoms with Crippen LogP contribution in [0.3, 0.4) is 0 Å². The second-order valence-electron chi connectivity index (χ2n) is 6.79. The van der Waals surface area contributed by atoms with Crippen molar-refractivity contribution in [3.8, 4) is 17.0 Å². The molecule has 0 bridgehead atoms. The smallest absolute Gasteiger partial charge is 0.338 e. The third-order valence-electron chi connectivity index (χ3n) is 4.35. The summed E-state index contributed by atoms with van der Waals surface area (Å²) in [6.07, 6.45) is 0.720. The van der Waals surface area contributed by atoms with Crippen molar-refractivity contribution in [3.05, 3.63) is 71.2 Å². The van der Waals surface area contributed by atoms with Crippen LogP contribution in [0.25, 0.3) is 11.3 Å². The van der Waals surface area contributed by atoms with Crippen LogP contribution in [0.2, 0.25) is 0 Å². The lowest BCUT2D eigenvalue weighted by atomic mass is 10.1. The highest BCUT2D eigenvalue weighted by Gasteiger charge is 2.17. The summed E-state index contributed by atoms with van der Waals surface area (Å²) in [6, 6.07) is 11.1. The van der Waals surface area contributed by atoms with Crippen molar-refractivity contribution in [1.29, 1.82) is 0 Å². The number of hydrogen-bond donors (Lipinski definition) is 1. The van der Waals surface area contributed by atoms with Crippen molar-refractivity contribution in [3.63, 3.8) is 0 Å². The van der Waals surface area contributed by atoms with E-state index in [-0.39, 0.29) is 40.8 Å². The van der Waals surface area contributed by atoms with E-state index >= 15 is 0 Å². The van der Waals surface area contributed by atoms with Crippen LogP contribution in [0.5, 0.6) is 5.75 Å². The maximum atomic E-state index is 13.2. The van der Waals surface area contributed by atoms with Crippen LogP contribution in [0, 0.1) is 5.82 Å². The Balaban J connectivity index is 1.85. The molecule has 0 amide bonds. The lowest BCUT2D eigenvalue weighted by Gasteiger charge is -2.09. The Labute approximate surface area is 188 Å². The van der Waals surface area contributed by atoms with E-state index in [2.05, 4.69) is 15.0 Å². The standard InChI is InChI=1S/C23H21FN2O7/c1-3-8-32-25-20(21-12-19(26-33-21)14-4-6-17(24)7-5-14)13-31-18-10-15(22(27)28)9-16(11-18)23(29)30-2/h4-7,9-12H,3,8,13H2,1-2H3,(H,27,28). The topological polar surface area (TPSA) is 120 Å². The van der Waals surface area contributed by atoms with Crippen LogP contribution >= 0.6 is 0 Å². The minimum absolute atomic E-state index is 0.0198. The minimum Gasteiger partial charge on any atom is -0.487 e. The normalized spacial score (nSPS) is 11.2. The van der Waals surface area contributed by atoms with Crippen LogP contribution in [0.1, 0.15) is 39.8 Å². The zero-order valence-electron chi connectivity index (χ0n) is 17.9. The van der Waals surface area contributed by atoms with Gasteiger partial charge in [-0.2, -0.15) is 0 Å². The number of esters is 1. The number of carboxylic acid groups (broad SMARTS) is 1. The number of hydrogen-bond acceptors (Lipinski definition) is 8. The molecule has 0 atom stereocenters. The van der Waals surface area contributed by atoms with E-state index in [0.717, 1.165) is 6.42 Å². The number of oxime groups is 1. The molecule has 9 nitrogen and oxygen atoms in total. The Morgan fingerprint density at radius 3 is 2.52 bits per heavy atom. The van der Waals surface area contributed by atoms with Gasteiger partial charge in [0, 0.05) is 11.6 Å². The molecule has 0 fully saturated rings. The number of halogens is 1. The molecule has 0 radical (unpaired) electrons. The molecule has 1 aromatic heterocycles. The molecule has 3 aromatic rings. The number of rotatable bonds is 10. The molecule has 0 aliphatic heterocycles. The van der Waals surface area contributed by atoms with E-state index in [4.69, 9.17) is 14.1 Å². The number of carbonyl (C=O) groups is 2. The Morgan fingerprint density at radius 1 is 1.12 bits per heavy atom. The molecule has 1 heterocycles. The van der Waals surface area contributed by atoms with Gasteiger partial charge in [0.05, 0.1) is 18.2 Å². The Kier molecular flexibility index (Phi) is 7.74. The fourth-order valence-electron chi connectivity index (χ4n) is 2.72. The van der Waals surface area contributed by atoms with Crippen LogP contribution in [-0.2, 0) is 9.57 Å². The maximum Gasteiger partial charge on any atom is 0.338 e. The van der Waals surface area contributed by atoms with Crippen molar-refractivity contribution in [2.45, 2.75) is 13.3 Å². The van der Waals surface area contributed by atoms with Crippen molar-refractivity contribution in [1.82, 2.24) is 5.16 Å². The van der Waals surface area contributed by atoms with Gasteiger partial charge in [-0.3, -0.25) is 0 Å². The van der Waals surface area contributed by atoms with Crippen LogP contribution in [0.15, 0.2) is 58.2 Å². The largest absolute Gasteiger partial charge is 0.487 e. The minimum atomic E-state index is -1.23. The van der Waals surface area contributed by atoms with Gasteiger partial charge in [-0.15, -0.1) is 0 Å². The fraction of sp³-hybridized carbons (Fsp3) is 0.217. The molecular formula is C23H21FN2O7. The van der Waals surface area contributed by atoms with E-state index in [0.29, 0.717) is 17.9 Å². The summed E-state index contributed by atoms with van der Waals surface area (Å²) in [5.74, 6) is -1.96.